The zero-order chi connectivity index (χ0) is 15.4. The summed E-state index contributed by atoms with van der Waals surface area (Å²) in [6, 6.07) is 0.570. The van der Waals surface area contributed by atoms with E-state index in [1.807, 2.05) is 0 Å². The molecule has 0 aromatic heterocycles. The van der Waals surface area contributed by atoms with Crippen molar-refractivity contribution in [1.29, 1.82) is 0 Å². The number of carbonyl (C=O) groups is 1. The molecule has 1 aliphatic heterocycles. The van der Waals surface area contributed by atoms with Crippen molar-refractivity contribution in [2.45, 2.75) is 68.7 Å². The van der Waals surface area contributed by atoms with Crippen molar-refractivity contribution >= 4 is 21.8 Å². The normalized spacial score (nSPS) is 47.1. The van der Waals surface area contributed by atoms with Crippen LogP contribution in [-0.4, -0.2) is 40.8 Å². The Balaban J connectivity index is 1.42. The van der Waals surface area contributed by atoms with Gasteiger partial charge in [-0.25, -0.2) is 0 Å². The molecule has 3 unspecified atom stereocenters. The van der Waals surface area contributed by atoms with Crippen molar-refractivity contribution in [3.63, 3.8) is 0 Å². The number of rotatable bonds is 4. The van der Waals surface area contributed by atoms with Crippen molar-refractivity contribution in [1.82, 2.24) is 10.2 Å². The Hall–Kier alpha value is -0.0900. The van der Waals surface area contributed by atoms with Crippen LogP contribution < -0.4 is 5.32 Å². The quantitative estimate of drug-likeness (QED) is 0.771. The molecule has 1 N–H and O–H groups in total. The molecular formula is C18H29BrN2O. The lowest BCUT2D eigenvalue weighted by molar-refractivity contribution is -0.144. The van der Waals surface area contributed by atoms with E-state index >= 15 is 0 Å². The molecule has 0 radical (unpaired) electrons. The minimum absolute atomic E-state index is 0.0523. The Morgan fingerprint density at radius 3 is 2.64 bits per heavy atom. The first kappa shape index (κ1) is 15.4. The molecule has 4 heteroatoms. The number of halogens is 1. The lowest BCUT2D eigenvalue weighted by atomic mass is 9.49. The van der Waals surface area contributed by atoms with Gasteiger partial charge in [0.15, 0.2) is 0 Å². The summed E-state index contributed by atoms with van der Waals surface area (Å²) in [6.07, 6.45) is 9.85. The molecule has 4 aliphatic carbocycles. The Morgan fingerprint density at radius 2 is 2.00 bits per heavy atom. The van der Waals surface area contributed by atoms with Gasteiger partial charge in [-0.3, -0.25) is 9.69 Å². The minimum Gasteiger partial charge on any atom is -0.354 e. The predicted molar refractivity (Wildman–Crippen MR) is 92.1 cm³/mol. The fraction of sp³-hybridized carbons (Fsp3) is 0.944. The van der Waals surface area contributed by atoms with Crippen LogP contribution in [0.3, 0.4) is 0 Å². The molecule has 4 bridgehead atoms. The van der Waals surface area contributed by atoms with E-state index in [9.17, 15) is 4.79 Å². The van der Waals surface area contributed by atoms with Gasteiger partial charge in [0.05, 0.1) is 5.41 Å². The third-order valence-electron chi connectivity index (χ3n) is 6.87. The first-order chi connectivity index (χ1) is 10.5. The van der Waals surface area contributed by atoms with E-state index in [1.54, 1.807) is 0 Å². The highest BCUT2D eigenvalue weighted by Crippen LogP contribution is 2.64. The van der Waals surface area contributed by atoms with E-state index in [-0.39, 0.29) is 9.74 Å². The van der Waals surface area contributed by atoms with Gasteiger partial charge < -0.3 is 5.32 Å². The first-order valence-electron chi connectivity index (χ1n) is 9.23. The maximum atomic E-state index is 13.0. The highest BCUT2D eigenvalue weighted by atomic mass is 79.9. The van der Waals surface area contributed by atoms with Gasteiger partial charge in [0.2, 0.25) is 5.91 Å². The van der Waals surface area contributed by atoms with Crippen molar-refractivity contribution in [3.05, 3.63) is 0 Å². The summed E-state index contributed by atoms with van der Waals surface area (Å²) in [6.45, 7) is 5.41. The summed E-state index contributed by atoms with van der Waals surface area (Å²) in [5.41, 5.74) is -0.0523. The molecule has 1 amide bonds. The monoisotopic (exact) mass is 368 g/mol. The molecule has 5 fully saturated rings. The Kier molecular flexibility index (Phi) is 3.84. The van der Waals surface area contributed by atoms with E-state index in [0.29, 0.717) is 11.9 Å². The van der Waals surface area contributed by atoms with Crippen LogP contribution in [0.1, 0.15) is 58.3 Å². The highest BCUT2D eigenvalue weighted by Gasteiger charge is 2.59. The van der Waals surface area contributed by atoms with Crippen LogP contribution in [0.5, 0.6) is 0 Å². The summed E-state index contributed by atoms with van der Waals surface area (Å²) in [7, 11) is 0. The Bertz CT molecular complexity index is 452. The van der Waals surface area contributed by atoms with Gasteiger partial charge in [-0.05, 0) is 76.3 Å². The molecule has 3 atom stereocenters. The summed E-state index contributed by atoms with van der Waals surface area (Å²) < 4.78 is 0.275. The van der Waals surface area contributed by atoms with Crippen molar-refractivity contribution in [2.24, 2.45) is 17.3 Å². The summed E-state index contributed by atoms with van der Waals surface area (Å²) in [5.74, 6) is 1.93. The molecule has 5 rings (SSSR count). The number of nitrogens with one attached hydrogen (secondary N) is 1. The van der Waals surface area contributed by atoms with Gasteiger partial charge in [-0.1, -0.05) is 22.9 Å². The molecule has 1 saturated heterocycles. The van der Waals surface area contributed by atoms with E-state index < -0.39 is 0 Å². The summed E-state index contributed by atoms with van der Waals surface area (Å²) >= 11 is 4.01. The van der Waals surface area contributed by atoms with Crippen LogP contribution in [0.25, 0.3) is 0 Å². The van der Waals surface area contributed by atoms with Crippen LogP contribution in [0.4, 0.5) is 0 Å². The second-order valence-corrected chi connectivity index (χ2v) is 10.2. The molecule has 4 saturated carbocycles. The molecule has 3 nitrogen and oxygen atoms in total. The maximum absolute atomic E-state index is 13.0. The summed E-state index contributed by atoms with van der Waals surface area (Å²) in [5, 5.41) is 3.36. The number of likely N-dealkylation sites (tertiary alicyclic amines) is 1. The second kappa shape index (κ2) is 5.47. The zero-order valence-electron chi connectivity index (χ0n) is 13.7. The minimum atomic E-state index is -0.0523. The van der Waals surface area contributed by atoms with Crippen molar-refractivity contribution in [3.8, 4) is 0 Å². The van der Waals surface area contributed by atoms with E-state index in [0.717, 1.165) is 44.2 Å². The molecule has 124 valence electrons. The van der Waals surface area contributed by atoms with Gasteiger partial charge in [0.1, 0.15) is 0 Å². The third-order valence-corrected chi connectivity index (χ3v) is 7.80. The van der Waals surface area contributed by atoms with Gasteiger partial charge in [0, 0.05) is 16.9 Å². The number of hydrogen-bond donors (Lipinski definition) is 1. The average Bonchev–Trinajstić information content (AvgIpc) is 2.89. The van der Waals surface area contributed by atoms with E-state index in [2.05, 4.69) is 33.1 Å². The van der Waals surface area contributed by atoms with E-state index in [4.69, 9.17) is 0 Å². The molecular weight excluding hydrogens is 340 g/mol. The number of amides is 1. The number of alkyl halides is 1. The maximum Gasteiger partial charge on any atom is 0.226 e. The fourth-order valence-electron chi connectivity index (χ4n) is 6.36. The molecule has 5 aliphatic rings. The lowest BCUT2D eigenvalue weighted by Gasteiger charge is -2.59. The standard InChI is InChI=1S/C18H29BrN2O/c1-2-21-5-3-4-15(21)11-20-16(22)17-7-13-6-14(8-17)10-18(19,9-13)12-17/h13-15H,2-12H2,1H3,(H,20,22). The van der Waals surface area contributed by atoms with Gasteiger partial charge in [-0.15, -0.1) is 0 Å². The van der Waals surface area contributed by atoms with Crippen LogP contribution >= 0.6 is 15.9 Å². The van der Waals surface area contributed by atoms with Crippen molar-refractivity contribution in [2.75, 3.05) is 19.6 Å². The number of likely N-dealkylation sites (N-methyl/N-ethyl adjacent to an activating group) is 1. The Labute approximate surface area is 142 Å². The molecule has 0 aromatic rings. The SMILES string of the molecule is CCN1CCCC1CNC(=O)C12CC3CC(CC(Br)(C3)C1)C2. The molecule has 0 spiro atoms. The molecule has 22 heavy (non-hydrogen) atoms. The van der Waals surface area contributed by atoms with Crippen molar-refractivity contribution < 1.29 is 4.79 Å². The average molecular weight is 369 g/mol. The van der Waals surface area contributed by atoms with Crippen LogP contribution in [0, 0.1) is 17.3 Å². The first-order valence-corrected chi connectivity index (χ1v) is 10.0. The topological polar surface area (TPSA) is 32.3 Å². The van der Waals surface area contributed by atoms with Gasteiger partial charge >= 0.3 is 0 Å². The van der Waals surface area contributed by atoms with Gasteiger partial charge in [-0.2, -0.15) is 0 Å². The molecule has 0 aromatic carbocycles. The van der Waals surface area contributed by atoms with Gasteiger partial charge in [0.25, 0.3) is 0 Å². The summed E-state index contributed by atoms with van der Waals surface area (Å²) in [4.78, 5) is 15.6. The van der Waals surface area contributed by atoms with E-state index in [1.165, 1.54) is 38.6 Å². The predicted octanol–water partition coefficient (Wildman–Crippen LogP) is 3.32. The second-order valence-electron chi connectivity index (χ2n) is 8.53. The largest absolute Gasteiger partial charge is 0.354 e. The molecule has 1 heterocycles. The Morgan fingerprint density at radius 1 is 1.27 bits per heavy atom. The third kappa shape index (κ3) is 2.54. The number of hydrogen-bond acceptors (Lipinski definition) is 2. The van der Waals surface area contributed by atoms with Crippen LogP contribution in [0.2, 0.25) is 0 Å². The number of nitrogens with zero attached hydrogens (tertiary/aromatic N) is 1. The van der Waals surface area contributed by atoms with Crippen LogP contribution in [0.15, 0.2) is 0 Å². The van der Waals surface area contributed by atoms with Crippen LogP contribution in [-0.2, 0) is 4.79 Å². The fourth-order valence-corrected chi connectivity index (χ4v) is 7.81. The number of carbonyl (C=O) groups excluding carboxylic acids is 1. The lowest BCUT2D eigenvalue weighted by Crippen LogP contribution is -2.59. The zero-order valence-corrected chi connectivity index (χ0v) is 15.3. The highest BCUT2D eigenvalue weighted by molar-refractivity contribution is 9.10. The smallest absolute Gasteiger partial charge is 0.226 e.